The Kier molecular flexibility index (Phi) is 2.44. The Balaban J connectivity index is 2.07. The Bertz CT molecular complexity index is 964. The Labute approximate surface area is 121 Å². The summed E-state index contributed by atoms with van der Waals surface area (Å²) >= 11 is 0. The van der Waals surface area contributed by atoms with Gasteiger partial charge >= 0.3 is 0 Å². The van der Waals surface area contributed by atoms with E-state index in [1.807, 2.05) is 60.0 Å². The lowest BCUT2D eigenvalue weighted by Gasteiger charge is -2.04. The molecule has 0 aliphatic rings. The summed E-state index contributed by atoms with van der Waals surface area (Å²) in [5, 5.41) is 1.06. The van der Waals surface area contributed by atoms with Crippen LogP contribution in [0.3, 0.4) is 0 Å². The van der Waals surface area contributed by atoms with Gasteiger partial charge in [0, 0.05) is 23.3 Å². The average molecular weight is 274 g/mol. The highest BCUT2D eigenvalue weighted by Crippen LogP contribution is 2.31. The second-order valence-electron chi connectivity index (χ2n) is 5.15. The fourth-order valence-electron chi connectivity index (χ4n) is 2.67. The molecule has 0 unspecified atom stereocenters. The molecule has 0 saturated carbocycles. The van der Waals surface area contributed by atoms with Crippen LogP contribution in [0.4, 0.5) is 5.82 Å². The number of nitrogens with two attached hydrogens (primary N) is 1. The number of hydrogen-bond donors (Lipinski definition) is 1. The molecule has 3 heterocycles. The van der Waals surface area contributed by atoms with E-state index in [1.54, 1.807) is 6.20 Å². The van der Waals surface area contributed by atoms with Gasteiger partial charge in [0.05, 0.1) is 5.52 Å². The molecular formula is C17H14N4. The predicted molar refractivity (Wildman–Crippen MR) is 85.1 cm³/mol. The molecule has 4 nitrogen and oxygen atoms in total. The number of aryl methyl sites for hydroxylation is 1. The molecule has 0 atom stereocenters. The second kappa shape index (κ2) is 4.31. The van der Waals surface area contributed by atoms with Crippen molar-refractivity contribution in [2.24, 2.45) is 0 Å². The van der Waals surface area contributed by atoms with Crippen LogP contribution in [-0.4, -0.2) is 14.4 Å². The zero-order valence-electron chi connectivity index (χ0n) is 11.6. The van der Waals surface area contributed by atoms with Gasteiger partial charge in [-0.25, -0.2) is 4.98 Å². The second-order valence-corrected chi connectivity index (χ2v) is 5.15. The fraction of sp³-hybridized carbons (Fsp3) is 0.0588. The van der Waals surface area contributed by atoms with Crippen molar-refractivity contribution in [2.45, 2.75) is 6.92 Å². The van der Waals surface area contributed by atoms with Crippen molar-refractivity contribution in [3.05, 3.63) is 60.4 Å². The van der Waals surface area contributed by atoms with E-state index in [2.05, 4.69) is 4.98 Å². The lowest BCUT2D eigenvalue weighted by molar-refractivity contribution is 1.18. The number of pyridine rings is 2. The van der Waals surface area contributed by atoms with Gasteiger partial charge in [-0.05, 0) is 36.8 Å². The summed E-state index contributed by atoms with van der Waals surface area (Å²) in [5.41, 5.74) is 11.1. The highest BCUT2D eigenvalue weighted by Gasteiger charge is 2.13. The first-order valence-electron chi connectivity index (χ1n) is 6.82. The van der Waals surface area contributed by atoms with E-state index in [4.69, 9.17) is 10.7 Å². The molecule has 0 aliphatic carbocycles. The number of aromatic nitrogens is 3. The highest BCUT2D eigenvalue weighted by atomic mass is 15.1. The van der Waals surface area contributed by atoms with Gasteiger partial charge < -0.3 is 5.73 Å². The molecule has 0 saturated heterocycles. The number of fused-ring (bicyclic) bond motifs is 2. The third-order valence-electron chi connectivity index (χ3n) is 3.72. The minimum atomic E-state index is 0.654. The van der Waals surface area contributed by atoms with E-state index in [1.165, 1.54) is 5.56 Å². The van der Waals surface area contributed by atoms with Gasteiger partial charge in [0.15, 0.2) is 0 Å². The SMILES string of the molecule is Cc1ccn2c(N)c(-c3ccnc4ccccc34)nc2c1. The van der Waals surface area contributed by atoms with Gasteiger partial charge in [-0.1, -0.05) is 18.2 Å². The summed E-state index contributed by atoms with van der Waals surface area (Å²) in [5.74, 6) is 0.654. The molecule has 0 fully saturated rings. The number of rotatable bonds is 1. The molecule has 4 aromatic rings. The lowest BCUT2D eigenvalue weighted by Crippen LogP contribution is -1.94. The Morgan fingerprint density at radius 3 is 2.86 bits per heavy atom. The number of nitrogens with zero attached hydrogens (tertiary/aromatic N) is 3. The van der Waals surface area contributed by atoms with E-state index in [0.717, 1.165) is 27.8 Å². The molecule has 0 radical (unpaired) electrons. The number of anilines is 1. The molecule has 102 valence electrons. The normalized spacial score (nSPS) is 11.3. The third kappa shape index (κ3) is 1.76. The van der Waals surface area contributed by atoms with Crippen molar-refractivity contribution in [3.8, 4) is 11.3 Å². The van der Waals surface area contributed by atoms with Gasteiger partial charge in [-0.2, -0.15) is 0 Å². The zero-order chi connectivity index (χ0) is 14.4. The molecular weight excluding hydrogens is 260 g/mol. The Hall–Kier alpha value is -2.88. The number of nitrogen functional groups attached to an aromatic ring is 1. The van der Waals surface area contributed by atoms with Crippen molar-refractivity contribution in [2.75, 3.05) is 5.73 Å². The van der Waals surface area contributed by atoms with Gasteiger partial charge in [0.1, 0.15) is 17.2 Å². The molecule has 4 heteroatoms. The van der Waals surface area contributed by atoms with Crippen molar-refractivity contribution < 1.29 is 0 Å². The topological polar surface area (TPSA) is 56.2 Å². The lowest BCUT2D eigenvalue weighted by atomic mass is 10.1. The van der Waals surface area contributed by atoms with Crippen LogP contribution < -0.4 is 5.73 Å². The Morgan fingerprint density at radius 2 is 1.95 bits per heavy atom. The third-order valence-corrected chi connectivity index (χ3v) is 3.72. The summed E-state index contributed by atoms with van der Waals surface area (Å²) in [7, 11) is 0. The van der Waals surface area contributed by atoms with E-state index >= 15 is 0 Å². The minimum absolute atomic E-state index is 0.654. The van der Waals surface area contributed by atoms with Crippen LogP contribution in [0.2, 0.25) is 0 Å². The van der Waals surface area contributed by atoms with Crippen molar-refractivity contribution in [1.29, 1.82) is 0 Å². The van der Waals surface area contributed by atoms with Crippen molar-refractivity contribution in [3.63, 3.8) is 0 Å². The maximum Gasteiger partial charge on any atom is 0.139 e. The highest BCUT2D eigenvalue weighted by molar-refractivity contribution is 5.96. The quantitative estimate of drug-likeness (QED) is 0.578. The van der Waals surface area contributed by atoms with Crippen LogP contribution in [0.5, 0.6) is 0 Å². The van der Waals surface area contributed by atoms with Crippen LogP contribution in [0.25, 0.3) is 27.8 Å². The van der Waals surface area contributed by atoms with E-state index < -0.39 is 0 Å². The van der Waals surface area contributed by atoms with E-state index in [9.17, 15) is 0 Å². The van der Waals surface area contributed by atoms with Crippen LogP contribution in [0.15, 0.2) is 54.9 Å². The number of imidazole rings is 1. The Morgan fingerprint density at radius 1 is 1.10 bits per heavy atom. The molecule has 4 rings (SSSR count). The van der Waals surface area contributed by atoms with E-state index in [-0.39, 0.29) is 0 Å². The summed E-state index contributed by atoms with van der Waals surface area (Å²) < 4.78 is 1.91. The molecule has 1 aromatic carbocycles. The van der Waals surface area contributed by atoms with Crippen LogP contribution >= 0.6 is 0 Å². The molecule has 0 amide bonds. The van der Waals surface area contributed by atoms with Crippen molar-refractivity contribution in [1.82, 2.24) is 14.4 Å². The molecule has 0 spiro atoms. The zero-order valence-corrected chi connectivity index (χ0v) is 11.6. The van der Waals surface area contributed by atoms with Crippen molar-refractivity contribution >= 4 is 22.4 Å². The number of para-hydroxylation sites is 1. The number of benzene rings is 1. The summed E-state index contributed by atoms with van der Waals surface area (Å²) in [4.78, 5) is 9.09. The summed E-state index contributed by atoms with van der Waals surface area (Å²) in [6.07, 6.45) is 3.76. The van der Waals surface area contributed by atoms with Gasteiger partial charge in [0.25, 0.3) is 0 Å². The van der Waals surface area contributed by atoms with Crippen LogP contribution in [0, 0.1) is 6.92 Å². The smallest absolute Gasteiger partial charge is 0.139 e. The first-order valence-corrected chi connectivity index (χ1v) is 6.82. The van der Waals surface area contributed by atoms with Gasteiger partial charge in [0.2, 0.25) is 0 Å². The largest absolute Gasteiger partial charge is 0.383 e. The van der Waals surface area contributed by atoms with Crippen LogP contribution in [0.1, 0.15) is 5.56 Å². The molecule has 2 N–H and O–H groups in total. The standard InChI is InChI=1S/C17H14N4/c1-11-7-9-21-15(10-11)20-16(17(21)18)13-6-8-19-14-5-3-2-4-12(13)14/h2-10H,18H2,1H3. The van der Waals surface area contributed by atoms with Gasteiger partial charge in [-0.15, -0.1) is 0 Å². The molecule has 21 heavy (non-hydrogen) atoms. The monoisotopic (exact) mass is 274 g/mol. The minimum Gasteiger partial charge on any atom is -0.383 e. The fourth-order valence-corrected chi connectivity index (χ4v) is 2.67. The molecule has 0 aliphatic heterocycles. The van der Waals surface area contributed by atoms with Crippen LogP contribution in [-0.2, 0) is 0 Å². The first kappa shape index (κ1) is 11.9. The average Bonchev–Trinajstić information content (AvgIpc) is 2.83. The van der Waals surface area contributed by atoms with E-state index in [0.29, 0.717) is 5.82 Å². The van der Waals surface area contributed by atoms with Gasteiger partial charge in [-0.3, -0.25) is 9.38 Å². The number of hydrogen-bond acceptors (Lipinski definition) is 3. The molecule has 3 aromatic heterocycles. The first-order chi connectivity index (χ1) is 10.2. The summed E-state index contributed by atoms with van der Waals surface area (Å²) in [6.45, 7) is 2.05. The predicted octanol–water partition coefficient (Wildman–Crippen LogP) is 3.44. The maximum absolute atomic E-state index is 6.29. The summed E-state index contributed by atoms with van der Waals surface area (Å²) in [6, 6.07) is 14.1. The molecule has 0 bridgehead atoms. The maximum atomic E-state index is 6.29.